The molecule has 2 rings (SSSR count). The van der Waals surface area contributed by atoms with Gasteiger partial charge in [-0.25, -0.2) is 0 Å². The highest BCUT2D eigenvalue weighted by atomic mass is 32.2. The number of carboxylic acid groups (broad SMARTS) is 1. The molecule has 16 heavy (non-hydrogen) atoms. The van der Waals surface area contributed by atoms with Crippen LogP contribution in [0.3, 0.4) is 0 Å². The molecule has 1 fully saturated rings. The minimum absolute atomic E-state index is 0.577. The van der Waals surface area contributed by atoms with E-state index in [4.69, 9.17) is 0 Å². The number of rotatable bonds is 3. The van der Waals surface area contributed by atoms with Gasteiger partial charge in [0.2, 0.25) is 0 Å². The third kappa shape index (κ3) is 2.09. The Hall–Kier alpha value is -0.960. The zero-order chi connectivity index (χ0) is 11.6. The zero-order valence-electron chi connectivity index (χ0n) is 9.40. The first kappa shape index (κ1) is 11.5. The maximum Gasteiger partial charge on any atom is 0.320 e. The number of aryl methyl sites for hydroxylation is 1. The molecule has 1 N–H and O–H groups in total. The number of carbonyl (C=O) groups is 1. The Morgan fingerprint density at radius 1 is 1.50 bits per heavy atom. The number of carboxylic acids is 1. The molecule has 1 saturated heterocycles. The zero-order valence-corrected chi connectivity index (χ0v) is 10.2. The molecule has 0 aromatic heterocycles. The Bertz CT molecular complexity index is 395. The molecule has 1 unspecified atom stereocenters. The quantitative estimate of drug-likeness (QED) is 0.876. The predicted octanol–water partition coefficient (Wildman–Crippen LogP) is 2.89. The van der Waals surface area contributed by atoms with Crippen molar-refractivity contribution in [2.45, 2.75) is 30.9 Å². The normalized spacial score (nSPS) is 24.6. The summed E-state index contributed by atoms with van der Waals surface area (Å²) in [6, 6.07) is 8.06. The molecule has 1 aromatic carbocycles. The van der Waals surface area contributed by atoms with Gasteiger partial charge in [-0.15, -0.1) is 11.8 Å². The van der Waals surface area contributed by atoms with Crippen LogP contribution in [-0.2, 0) is 11.2 Å². The fraction of sp³-hybridized carbons (Fsp3) is 0.462. The average molecular weight is 236 g/mol. The molecule has 0 bridgehead atoms. The van der Waals surface area contributed by atoms with E-state index in [0.29, 0.717) is 6.42 Å². The van der Waals surface area contributed by atoms with Gasteiger partial charge in [-0.3, -0.25) is 4.79 Å². The molecule has 0 saturated carbocycles. The first-order chi connectivity index (χ1) is 7.64. The van der Waals surface area contributed by atoms with E-state index in [2.05, 4.69) is 0 Å². The maximum absolute atomic E-state index is 11.4. The molecule has 1 heterocycles. The Balaban J connectivity index is 2.25. The van der Waals surface area contributed by atoms with E-state index < -0.39 is 10.7 Å². The smallest absolute Gasteiger partial charge is 0.320 e. The summed E-state index contributed by atoms with van der Waals surface area (Å²) < 4.78 is -0.577. The van der Waals surface area contributed by atoms with Crippen LogP contribution in [0, 0.1) is 6.92 Å². The number of hydrogen-bond acceptors (Lipinski definition) is 2. The molecule has 0 aliphatic carbocycles. The van der Waals surface area contributed by atoms with E-state index in [1.807, 2.05) is 31.2 Å². The minimum atomic E-state index is -0.654. The average Bonchev–Trinajstić information content (AvgIpc) is 2.71. The largest absolute Gasteiger partial charge is 0.480 e. The van der Waals surface area contributed by atoms with Gasteiger partial charge in [0, 0.05) is 0 Å². The molecule has 1 atom stereocenters. The van der Waals surface area contributed by atoms with Crippen LogP contribution >= 0.6 is 11.8 Å². The van der Waals surface area contributed by atoms with Crippen molar-refractivity contribution in [2.75, 3.05) is 5.75 Å². The summed E-state index contributed by atoms with van der Waals surface area (Å²) in [5.41, 5.74) is 2.36. The van der Waals surface area contributed by atoms with Crippen LogP contribution in [0.4, 0.5) is 0 Å². The Labute approximate surface area is 100 Å². The highest BCUT2D eigenvalue weighted by Gasteiger charge is 2.42. The fourth-order valence-corrected chi connectivity index (χ4v) is 3.55. The van der Waals surface area contributed by atoms with Crippen molar-refractivity contribution in [3.8, 4) is 0 Å². The van der Waals surface area contributed by atoms with E-state index in [-0.39, 0.29) is 0 Å². The van der Waals surface area contributed by atoms with Crippen molar-refractivity contribution in [3.05, 3.63) is 35.4 Å². The van der Waals surface area contributed by atoms with Gasteiger partial charge in [-0.05, 0) is 43.1 Å². The number of hydrogen-bond donors (Lipinski definition) is 1. The fourth-order valence-electron chi connectivity index (χ4n) is 2.20. The van der Waals surface area contributed by atoms with Crippen molar-refractivity contribution in [1.82, 2.24) is 0 Å². The van der Waals surface area contributed by atoms with E-state index >= 15 is 0 Å². The van der Waals surface area contributed by atoms with E-state index in [1.165, 1.54) is 11.1 Å². The number of aliphatic carboxylic acids is 1. The molecule has 1 aliphatic heterocycles. The summed E-state index contributed by atoms with van der Waals surface area (Å²) in [4.78, 5) is 11.4. The second kappa shape index (κ2) is 4.50. The monoisotopic (exact) mass is 236 g/mol. The molecule has 0 spiro atoms. The third-order valence-electron chi connectivity index (χ3n) is 3.23. The summed E-state index contributed by atoms with van der Waals surface area (Å²) in [5, 5.41) is 9.40. The highest BCUT2D eigenvalue weighted by Crippen LogP contribution is 2.41. The summed E-state index contributed by atoms with van der Waals surface area (Å²) in [7, 11) is 0. The van der Waals surface area contributed by atoms with Gasteiger partial charge < -0.3 is 5.11 Å². The van der Waals surface area contributed by atoms with Gasteiger partial charge >= 0.3 is 5.97 Å². The van der Waals surface area contributed by atoms with Gasteiger partial charge in [0.1, 0.15) is 4.75 Å². The Morgan fingerprint density at radius 3 is 2.81 bits per heavy atom. The lowest BCUT2D eigenvalue weighted by atomic mass is 9.92. The lowest BCUT2D eigenvalue weighted by molar-refractivity contribution is -0.139. The SMILES string of the molecule is Cc1ccccc1CC1(C(=O)O)CCCS1. The van der Waals surface area contributed by atoms with Gasteiger partial charge in [-0.1, -0.05) is 24.3 Å². The highest BCUT2D eigenvalue weighted by molar-refractivity contribution is 8.01. The molecule has 1 aliphatic rings. The maximum atomic E-state index is 11.4. The third-order valence-corrected chi connectivity index (χ3v) is 4.80. The van der Waals surface area contributed by atoms with Gasteiger partial charge in [0.15, 0.2) is 0 Å². The first-order valence-electron chi connectivity index (χ1n) is 5.56. The second-order valence-corrected chi connectivity index (χ2v) is 5.83. The molecular formula is C13H16O2S. The molecular weight excluding hydrogens is 220 g/mol. The van der Waals surface area contributed by atoms with Gasteiger partial charge in [0.05, 0.1) is 0 Å². The standard InChI is InChI=1S/C13H16O2S/c1-10-5-2-3-6-11(10)9-13(12(14)15)7-4-8-16-13/h2-3,5-6H,4,7-9H2,1H3,(H,14,15). The van der Waals surface area contributed by atoms with Crippen molar-refractivity contribution in [2.24, 2.45) is 0 Å². The van der Waals surface area contributed by atoms with Crippen molar-refractivity contribution in [1.29, 1.82) is 0 Å². The predicted molar refractivity (Wildman–Crippen MR) is 66.9 cm³/mol. The van der Waals surface area contributed by atoms with Crippen LogP contribution in [0.1, 0.15) is 24.0 Å². The summed E-state index contributed by atoms with van der Waals surface area (Å²) in [6.45, 7) is 2.05. The van der Waals surface area contributed by atoms with Crippen LogP contribution in [0.25, 0.3) is 0 Å². The lowest BCUT2D eigenvalue weighted by Gasteiger charge is -2.23. The Kier molecular flexibility index (Phi) is 3.24. The van der Waals surface area contributed by atoms with E-state index in [1.54, 1.807) is 11.8 Å². The van der Waals surface area contributed by atoms with Crippen LogP contribution in [0.2, 0.25) is 0 Å². The molecule has 2 nitrogen and oxygen atoms in total. The van der Waals surface area contributed by atoms with Gasteiger partial charge in [-0.2, -0.15) is 0 Å². The number of thioether (sulfide) groups is 1. The van der Waals surface area contributed by atoms with Crippen LogP contribution in [-0.4, -0.2) is 21.6 Å². The van der Waals surface area contributed by atoms with Crippen molar-refractivity contribution in [3.63, 3.8) is 0 Å². The van der Waals surface area contributed by atoms with Crippen LogP contribution in [0.15, 0.2) is 24.3 Å². The second-order valence-electron chi connectivity index (χ2n) is 4.35. The summed E-state index contributed by atoms with van der Waals surface area (Å²) in [5.74, 6) is 0.316. The number of benzene rings is 1. The van der Waals surface area contributed by atoms with Gasteiger partial charge in [0.25, 0.3) is 0 Å². The first-order valence-corrected chi connectivity index (χ1v) is 6.54. The topological polar surface area (TPSA) is 37.3 Å². The minimum Gasteiger partial charge on any atom is -0.480 e. The van der Waals surface area contributed by atoms with Crippen molar-refractivity contribution >= 4 is 17.7 Å². The summed E-state index contributed by atoms with van der Waals surface area (Å²) >= 11 is 1.60. The summed E-state index contributed by atoms with van der Waals surface area (Å²) in [6.07, 6.45) is 2.46. The molecule has 3 heteroatoms. The van der Waals surface area contributed by atoms with Crippen LogP contribution < -0.4 is 0 Å². The lowest BCUT2D eigenvalue weighted by Crippen LogP contribution is -2.35. The van der Waals surface area contributed by atoms with Crippen LogP contribution in [0.5, 0.6) is 0 Å². The molecule has 0 radical (unpaired) electrons. The Morgan fingerprint density at radius 2 is 2.25 bits per heavy atom. The molecule has 1 aromatic rings. The molecule has 86 valence electrons. The van der Waals surface area contributed by atoms with E-state index in [9.17, 15) is 9.90 Å². The van der Waals surface area contributed by atoms with Crippen molar-refractivity contribution < 1.29 is 9.90 Å². The van der Waals surface area contributed by atoms with E-state index in [0.717, 1.165) is 18.6 Å². The molecule has 0 amide bonds.